The van der Waals surface area contributed by atoms with Crippen LogP contribution >= 0.6 is 0 Å². The molecule has 44 heavy (non-hydrogen) atoms. The van der Waals surface area contributed by atoms with Gasteiger partial charge in [0.15, 0.2) is 0 Å². The second kappa shape index (κ2) is 16.9. The molecule has 0 spiro atoms. The Hall–Kier alpha value is -3.78. The first-order chi connectivity index (χ1) is 21.3. The van der Waals surface area contributed by atoms with Crippen molar-refractivity contribution in [2.24, 2.45) is 0 Å². The molecule has 2 N–H and O–H groups in total. The number of phenols is 1. The van der Waals surface area contributed by atoms with Crippen molar-refractivity contribution in [2.45, 2.75) is 63.2 Å². The van der Waals surface area contributed by atoms with Crippen LogP contribution in [0.15, 0.2) is 97.1 Å². The molecule has 1 fully saturated rings. The van der Waals surface area contributed by atoms with Gasteiger partial charge < -0.3 is 19.7 Å². The van der Waals surface area contributed by atoms with Crippen LogP contribution in [0, 0.1) is 6.07 Å². The summed E-state index contributed by atoms with van der Waals surface area (Å²) in [6.07, 6.45) is 7.00. The number of carbonyl (C=O) groups is 1. The number of carbonyl (C=O) groups excluding carboxylic acids is 1. The first-order valence-corrected chi connectivity index (χ1v) is 15.2. The van der Waals surface area contributed by atoms with Crippen LogP contribution in [-0.2, 0) is 35.2 Å². The zero-order valence-electron chi connectivity index (χ0n) is 25.5. The Balaban J connectivity index is 0.000000228. The summed E-state index contributed by atoms with van der Waals surface area (Å²) < 4.78 is 18.3. The average molecular weight is 641 g/mol. The molecule has 1 aliphatic rings. The summed E-state index contributed by atoms with van der Waals surface area (Å²) in [5, 5.41) is 18.9. The molecule has 7 heteroatoms. The van der Waals surface area contributed by atoms with E-state index in [9.17, 15) is 15.0 Å². The van der Waals surface area contributed by atoms with Gasteiger partial charge in [-0.2, -0.15) is 30.3 Å². The number of ether oxygens (including phenoxy) is 2. The predicted octanol–water partition coefficient (Wildman–Crippen LogP) is 7.63. The van der Waals surface area contributed by atoms with E-state index in [2.05, 4.69) is 58.1 Å². The van der Waals surface area contributed by atoms with Gasteiger partial charge in [0, 0.05) is 18.9 Å². The molecule has 4 aromatic rings. The number of rotatable bonds is 8. The molecule has 1 saturated carbocycles. The fourth-order valence-electron chi connectivity index (χ4n) is 6.08. The molecule has 4 aromatic carbocycles. The summed E-state index contributed by atoms with van der Waals surface area (Å²) in [6, 6.07) is 34.6. The average Bonchev–Trinajstić information content (AvgIpc) is 3.07. The van der Waals surface area contributed by atoms with E-state index < -0.39 is 5.41 Å². The molecule has 1 unspecified atom stereocenters. The van der Waals surface area contributed by atoms with E-state index in [-0.39, 0.29) is 23.7 Å². The van der Waals surface area contributed by atoms with Gasteiger partial charge >= 0.3 is 25.5 Å². The number of benzene rings is 4. The van der Waals surface area contributed by atoms with E-state index in [0.29, 0.717) is 12.2 Å². The van der Waals surface area contributed by atoms with Crippen molar-refractivity contribution in [1.82, 2.24) is 0 Å². The van der Waals surface area contributed by atoms with E-state index in [1.165, 1.54) is 50.2 Å². The molecule has 235 valence electrons. The molecule has 0 bridgehead atoms. The normalized spacial score (nSPS) is 14.8. The quantitative estimate of drug-likeness (QED) is 0.117. The minimum absolute atomic E-state index is 0.0447. The van der Waals surface area contributed by atoms with Gasteiger partial charge in [-0.25, -0.2) is 0 Å². The molecule has 0 amide bonds. The number of aliphatic hydroxyl groups is 1. The number of hydrogen-bond acceptors (Lipinski definition) is 6. The monoisotopic (exact) mass is 640 g/mol. The molecule has 0 aromatic heterocycles. The van der Waals surface area contributed by atoms with E-state index >= 15 is 0 Å². The van der Waals surface area contributed by atoms with Crippen molar-refractivity contribution in [2.75, 3.05) is 13.7 Å². The fourth-order valence-corrected chi connectivity index (χ4v) is 6.08. The third-order valence-electron chi connectivity index (χ3n) is 8.49. The number of hydrogen-bond donors (Lipinski definition) is 2. The zero-order valence-corrected chi connectivity index (χ0v) is 26.6. The Kier molecular flexibility index (Phi) is 13.3. The first kappa shape index (κ1) is 34.7. The van der Waals surface area contributed by atoms with Crippen molar-refractivity contribution in [3.8, 4) is 17.2 Å². The number of phenolic OH excluding ortho intramolecular Hbond substituents is 1. The maximum atomic E-state index is 11.0. The number of methoxy groups -OCH3 is 1. The van der Waals surface area contributed by atoms with Gasteiger partial charge in [-0.05, 0) is 77.8 Å². The summed E-state index contributed by atoms with van der Waals surface area (Å²) in [6.45, 7) is 3.44. The Bertz CT molecular complexity index is 1420. The van der Waals surface area contributed by atoms with Crippen LogP contribution in [0.1, 0.15) is 74.6 Å². The van der Waals surface area contributed by atoms with Gasteiger partial charge in [-0.3, -0.25) is 4.79 Å². The van der Waals surface area contributed by atoms with Gasteiger partial charge in [-0.15, -0.1) is 5.56 Å². The molecule has 1 atom stereocenters. The van der Waals surface area contributed by atoms with Gasteiger partial charge in [0.1, 0.15) is 17.2 Å². The van der Waals surface area contributed by atoms with Crippen LogP contribution < -0.4 is 9.47 Å². The van der Waals surface area contributed by atoms with Crippen molar-refractivity contribution >= 4 is 5.97 Å². The molecule has 0 radical (unpaired) electrons. The standard InChI is InChI=1S/C19H21O.C18H20O4.Co.O/c1-20-18-12-10-17(11-13-18)19(14-6-3-7-15-19)16-8-4-2-5-9-16;1-13(20)22-17-9-5-15(6-10-17)18(2,11-12-19)14-3-7-16(21)8-4-14;;/h4-5,8-13H,3,6-7,14-15H2,1H3;3-10,19,21H,11-12H2,1-2H3;;/q-1;;;. The summed E-state index contributed by atoms with van der Waals surface area (Å²) in [7, 11) is 1.72. The van der Waals surface area contributed by atoms with E-state index in [4.69, 9.17) is 13.3 Å². The fraction of sp³-hybridized carbons (Fsp3) is 0.324. The molecule has 1 aliphatic carbocycles. The maximum absolute atomic E-state index is 11.0. The molecular weight excluding hydrogens is 599 g/mol. The van der Waals surface area contributed by atoms with Crippen molar-refractivity contribution in [3.63, 3.8) is 0 Å². The second-order valence-corrected chi connectivity index (χ2v) is 11.1. The third kappa shape index (κ3) is 8.65. The van der Waals surface area contributed by atoms with Crippen LogP contribution in [0.5, 0.6) is 17.2 Å². The third-order valence-corrected chi connectivity index (χ3v) is 8.49. The van der Waals surface area contributed by atoms with Gasteiger partial charge in [0.25, 0.3) is 0 Å². The minimum atomic E-state index is -0.392. The van der Waals surface area contributed by atoms with Crippen molar-refractivity contribution in [3.05, 3.63) is 125 Å². The molecule has 0 aliphatic heterocycles. The Morgan fingerprint density at radius 2 is 1.32 bits per heavy atom. The predicted molar refractivity (Wildman–Crippen MR) is 167 cm³/mol. The summed E-state index contributed by atoms with van der Waals surface area (Å²) >= 11 is 2.31. The Morgan fingerprint density at radius 3 is 1.82 bits per heavy atom. The number of esters is 1. The summed E-state index contributed by atoms with van der Waals surface area (Å²) in [4.78, 5) is 11.0. The van der Waals surface area contributed by atoms with Crippen LogP contribution in [0.25, 0.3) is 0 Å². The SMILES string of the molecule is CC(=O)Oc1ccc(C(C)(CCO)c2ccc(O)cc2)cc1.COc1ccc(C2(c3cc[c-]cc3)CCCCC2)cc1.[O]=[Co]. The van der Waals surface area contributed by atoms with Crippen LogP contribution in [0.3, 0.4) is 0 Å². The van der Waals surface area contributed by atoms with Crippen molar-refractivity contribution < 1.29 is 44.0 Å². The number of aromatic hydroxyl groups is 1. The second-order valence-electron chi connectivity index (χ2n) is 11.1. The molecular formula is C37H41CoO6-. The van der Waals surface area contributed by atoms with Gasteiger partial charge in [0.05, 0.1) is 7.11 Å². The molecule has 0 heterocycles. The summed E-state index contributed by atoms with van der Waals surface area (Å²) in [5.74, 6) is 1.28. The van der Waals surface area contributed by atoms with Gasteiger partial charge in [-0.1, -0.05) is 62.6 Å². The molecule has 5 rings (SSSR count). The topological polar surface area (TPSA) is 93.1 Å². The molecule has 6 nitrogen and oxygen atoms in total. The van der Waals surface area contributed by atoms with E-state index in [0.717, 1.165) is 16.9 Å². The van der Waals surface area contributed by atoms with E-state index in [1.807, 2.05) is 43.3 Å². The Morgan fingerprint density at radius 1 is 0.818 bits per heavy atom. The van der Waals surface area contributed by atoms with Gasteiger partial charge in [0.2, 0.25) is 0 Å². The van der Waals surface area contributed by atoms with Crippen LogP contribution in [0.4, 0.5) is 0 Å². The Labute approximate surface area is 268 Å². The van der Waals surface area contributed by atoms with Crippen molar-refractivity contribution in [1.29, 1.82) is 0 Å². The molecule has 0 saturated heterocycles. The summed E-state index contributed by atoms with van der Waals surface area (Å²) in [5.41, 5.74) is 4.64. The van der Waals surface area contributed by atoms with E-state index in [1.54, 1.807) is 31.4 Å². The number of aliphatic hydroxyl groups excluding tert-OH is 1. The zero-order chi connectivity index (χ0) is 32.0. The van der Waals surface area contributed by atoms with Crippen LogP contribution in [-0.4, -0.2) is 29.9 Å². The first-order valence-electron chi connectivity index (χ1n) is 14.7. The van der Waals surface area contributed by atoms with Crippen LogP contribution in [0.2, 0.25) is 0 Å².